The molecule has 17 heavy (non-hydrogen) atoms. The molecular formula is C13H21BrN2O. The average Bonchev–Trinajstić information content (AvgIpc) is 2.27. The Morgan fingerprint density at radius 1 is 1.47 bits per heavy atom. The summed E-state index contributed by atoms with van der Waals surface area (Å²) in [4.78, 5) is 2.07. The first kappa shape index (κ1) is 14.5. The molecule has 1 rings (SSSR count). The van der Waals surface area contributed by atoms with Crippen molar-refractivity contribution in [2.45, 2.75) is 32.4 Å². The zero-order chi connectivity index (χ0) is 13.2. The predicted molar refractivity (Wildman–Crippen MR) is 76.3 cm³/mol. The van der Waals surface area contributed by atoms with E-state index in [4.69, 9.17) is 5.73 Å². The molecule has 3 N–H and O–H groups in total. The third kappa shape index (κ3) is 3.21. The van der Waals surface area contributed by atoms with Crippen LogP contribution in [0.3, 0.4) is 0 Å². The molecule has 0 aliphatic heterocycles. The van der Waals surface area contributed by atoms with E-state index in [1.54, 1.807) is 0 Å². The second-order valence-electron chi connectivity index (χ2n) is 5.02. The van der Waals surface area contributed by atoms with Gasteiger partial charge in [0.2, 0.25) is 0 Å². The number of aliphatic hydroxyl groups excluding tert-OH is 1. The van der Waals surface area contributed by atoms with Crippen molar-refractivity contribution in [2.24, 2.45) is 5.73 Å². The molecule has 0 aromatic heterocycles. The number of halogens is 1. The smallest absolute Gasteiger partial charge is 0.0658 e. The molecule has 0 saturated heterocycles. The highest BCUT2D eigenvalue weighted by molar-refractivity contribution is 9.10. The van der Waals surface area contributed by atoms with Crippen LogP contribution in [-0.2, 0) is 0 Å². The third-order valence-electron chi connectivity index (χ3n) is 3.14. The molecule has 0 saturated carbocycles. The SMILES string of the molecule is CC(N)c1ccc(Br)cc1N(C)C(C)(C)CO. The summed E-state index contributed by atoms with van der Waals surface area (Å²) in [6, 6.07) is 6.02. The molecule has 96 valence electrons. The van der Waals surface area contributed by atoms with E-state index in [9.17, 15) is 5.11 Å². The lowest BCUT2D eigenvalue weighted by atomic mass is 10.00. The molecule has 0 radical (unpaired) electrons. The second-order valence-corrected chi connectivity index (χ2v) is 5.94. The largest absolute Gasteiger partial charge is 0.394 e. The maximum absolute atomic E-state index is 9.44. The first-order valence-corrected chi connectivity index (χ1v) is 6.48. The Morgan fingerprint density at radius 2 is 2.06 bits per heavy atom. The Labute approximate surface area is 112 Å². The van der Waals surface area contributed by atoms with E-state index in [2.05, 4.69) is 20.8 Å². The molecule has 0 aliphatic carbocycles. The van der Waals surface area contributed by atoms with Crippen molar-refractivity contribution >= 4 is 21.6 Å². The van der Waals surface area contributed by atoms with Crippen molar-refractivity contribution in [3.05, 3.63) is 28.2 Å². The lowest BCUT2D eigenvalue weighted by Crippen LogP contribution is -2.45. The lowest BCUT2D eigenvalue weighted by Gasteiger charge is -2.37. The van der Waals surface area contributed by atoms with Crippen LogP contribution in [0.1, 0.15) is 32.4 Å². The van der Waals surface area contributed by atoms with E-state index in [1.165, 1.54) is 0 Å². The highest BCUT2D eigenvalue weighted by Crippen LogP contribution is 2.31. The van der Waals surface area contributed by atoms with Crippen molar-refractivity contribution < 1.29 is 5.11 Å². The van der Waals surface area contributed by atoms with Crippen molar-refractivity contribution in [2.75, 3.05) is 18.6 Å². The van der Waals surface area contributed by atoms with E-state index in [0.29, 0.717) is 0 Å². The quantitative estimate of drug-likeness (QED) is 0.899. The van der Waals surface area contributed by atoms with Gasteiger partial charge in [-0.3, -0.25) is 0 Å². The Balaban J connectivity index is 3.24. The number of anilines is 1. The molecule has 1 aromatic carbocycles. The van der Waals surface area contributed by atoms with Gasteiger partial charge in [-0.15, -0.1) is 0 Å². The van der Waals surface area contributed by atoms with Crippen LogP contribution in [0.15, 0.2) is 22.7 Å². The summed E-state index contributed by atoms with van der Waals surface area (Å²) in [5.74, 6) is 0. The zero-order valence-electron chi connectivity index (χ0n) is 10.9. The van der Waals surface area contributed by atoms with Gasteiger partial charge in [-0.05, 0) is 38.5 Å². The molecule has 0 spiro atoms. The summed E-state index contributed by atoms with van der Waals surface area (Å²) in [6.07, 6.45) is 0. The number of nitrogens with two attached hydrogens (primary N) is 1. The van der Waals surface area contributed by atoms with Gasteiger partial charge in [-0.25, -0.2) is 0 Å². The minimum absolute atomic E-state index is 0.0324. The molecule has 0 amide bonds. The summed E-state index contributed by atoms with van der Waals surface area (Å²) in [5.41, 5.74) is 7.80. The van der Waals surface area contributed by atoms with E-state index < -0.39 is 0 Å². The van der Waals surface area contributed by atoms with Gasteiger partial charge in [0.1, 0.15) is 0 Å². The van der Waals surface area contributed by atoms with Crippen LogP contribution in [0.2, 0.25) is 0 Å². The van der Waals surface area contributed by atoms with E-state index >= 15 is 0 Å². The summed E-state index contributed by atoms with van der Waals surface area (Å²) in [7, 11) is 1.98. The predicted octanol–water partition coefficient (Wildman–Crippen LogP) is 2.68. The minimum atomic E-state index is -0.315. The first-order valence-electron chi connectivity index (χ1n) is 5.69. The highest BCUT2D eigenvalue weighted by Gasteiger charge is 2.25. The molecule has 0 aliphatic rings. The molecule has 0 fully saturated rings. The second kappa shape index (κ2) is 5.38. The summed E-state index contributed by atoms with van der Waals surface area (Å²) < 4.78 is 1.01. The maximum atomic E-state index is 9.44. The van der Waals surface area contributed by atoms with E-state index in [0.717, 1.165) is 15.7 Å². The van der Waals surface area contributed by atoms with Gasteiger partial charge in [0.15, 0.2) is 0 Å². The average molecular weight is 301 g/mol. The zero-order valence-corrected chi connectivity index (χ0v) is 12.5. The standard InChI is InChI=1S/C13H21BrN2O/c1-9(15)11-6-5-10(14)7-12(11)16(4)13(2,3)8-17/h5-7,9,17H,8,15H2,1-4H3. The number of likely N-dealkylation sites (N-methyl/N-ethyl adjacent to an activating group) is 1. The maximum Gasteiger partial charge on any atom is 0.0658 e. The molecule has 1 atom stereocenters. The van der Waals surface area contributed by atoms with E-state index in [1.807, 2.05) is 46.0 Å². The van der Waals surface area contributed by atoms with Gasteiger partial charge in [0.05, 0.1) is 12.1 Å². The lowest BCUT2D eigenvalue weighted by molar-refractivity contribution is 0.216. The Hall–Kier alpha value is -0.580. The Kier molecular flexibility index (Phi) is 4.58. The molecular weight excluding hydrogens is 280 g/mol. The normalized spacial score (nSPS) is 13.6. The highest BCUT2D eigenvalue weighted by atomic mass is 79.9. The first-order chi connectivity index (χ1) is 7.79. The Morgan fingerprint density at radius 3 is 2.53 bits per heavy atom. The fourth-order valence-corrected chi connectivity index (χ4v) is 1.97. The van der Waals surface area contributed by atoms with Crippen molar-refractivity contribution in [3.8, 4) is 0 Å². The van der Waals surface area contributed by atoms with Crippen molar-refractivity contribution in [1.82, 2.24) is 0 Å². The van der Waals surface area contributed by atoms with Crippen LogP contribution in [0, 0.1) is 0 Å². The molecule has 3 nitrogen and oxygen atoms in total. The van der Waals surface area contributed by atoms with Crippen LogP contribution in [0.4, 0.5) is 5.69 Å². The molecule has 0 heterocycles. The fourth-order valence-electron chi connectivity index (χ4n) is 1.62. The van der Waals surface area contributed by atoms with Gasteiger partial charge in [0.25, 0.3) is 0 Å². The summed E-state index contributed by atoms with van der Waals surface area (Å²) in [6.45, 7) is 6.05. The minimum Gasteiger partial charge on any atom is -0.394 e. The number of aliphatic hydroxyl groups is 1. The van der Waals surface area contributed by atoms with Crippen LogP contribution in [-0.4, -0.2) is 24.3 Å². The van der Waals surface area contributed by atoms with Crippen LogP contribution >= 0.6 is 15.9 Å². The van der Waals surface area contributed by atoms with Crippen LogP contribution in [0.5, 0.6) is 0 Å². The Bertz CT molecular complexity index is 391. The van der Waals surface area contributed by atoms with Gasteiger partial charge < -0.3 is 15.7 Å². The fraction of sp³-hybridized carbons (Fsp3) is 0.538. The number of hydrogen-bond donors (Lipinski definition) is 2. The number of rotatable bonds is 4. The number of benzene rings is 1. The van der Waals surface area contributed by atoms with E-state index in [-0.39, 0.29) is 18.2 Å². The van der Waals surface area contributed by atoms with Crippen LogP contribution < -0.4 is 10.6 Å². The monoisotopic (exact) mass is 300 g/mol. The van der Waals surface area contributed by atoms with Crippen molar-refractivity contribution in [1.29, 1.82) is 0 Å². The van der Waals surface area contributed by atoms with Gasteiger partial charge >= 0.3 is 0 Å². The number of nitrogens with zero attached hydrogens (tertiary/aromatic N) is 1. The summed E-state index contributed by atoms with van der Waals surface area (Å²) >= 11 is 3.47. The third-order valence-corrected chi connectivity index (χ3v) is 3.63. The van der Waals surface area contributed by atoms with Crippen LogP contribution in [0.25, 0.3) is 0 Å². The number of hydrogen-bond acceptors (Lipinski definition) is 3. The molecule has 1 aromatic rings. The molecule has 4 heteroatoms. The van der Waals surface area contributed by atoms with Crippen molar-refractivity contribution in [3.63, 3.8) is 0 Å². The topological polar surface area (TPSA) is 49.5 Å². The van der Waals surface area contributed by atoms with Gasteiger partial charge in [-0.2, -0.15) is 0 Å². The van der Waals surface area contributed by atoms with Gasteiger partial charge in [0, 0.05) is 23.2 Å². The van der Waals surface area contributed by atoms with Gasteiger partial charge in [-0.1, -0.05) is 22.0 Å². The summed E-state index contributed by atoms with van der Waals surface area (Å²) in [5, 5.41) is 9.44. The molecule has 1 unspecified atom stereocenters. The molecule has 0 bridgehead atoms.